The van der Waals surface area contributed by atoms with Crippen LogP contribution in [-0.2, 0) is 10.3 Å². The van der Waals surface area contributed by atoms with Crippen molar-refractivity contribution in [2.45, 2.75) is 31.4 Å². The van der Waals surface area contributed by atoms with Crippen LogP contribution in [0.5, 0.6) is 0 Å². The predicted molar refractivity (Wildman–Crippen MR) is 111 cm³/mol. The Kier molecular flexibility index (Phi) is 4.36. The van der Waals surface area contributed by atoms with Gasteiger partial charge in [0, 0.05) is 19.0 Å². The minimum absolute atomic E-state index is 0.0501. The SMILES string of the molecule is CC(C)(O)c1cn(C2CN(C(=O)OCC3c4ccccc4-c4ccccc43)C2)nn1. The van der Waals surface area contributed by atoms with E-state index in [1.807, 2.05) is 24.3 Å². The summed E-state index contributed by atoms with van der Waals surface area (Å²) in [7, 11) is 0. The summed E-state index contributed by atoms with van der Waals surface area (Å²) in [5.74, 6) is 0.0584. The third kappa shape index (κ3) is 3.15. The molecule has 0 bridgehead atoms. The number of hydrogen-bond donors (Lipinski definition) is 1. The molecule has 2 heterocycles. The fourth-order valence-corrected chi connectivity index (χ4v) is 4.19. The highest BCUT2D eigenvalue weighted by atomic mass is 16.6. The molecule has 7 heteroatoms. The second-order valence-electron chi connectivity index (χ2n) is 8.51. The predicted octanol–water partition coefficient (Wildman–Crippen LogP) is 3.31. The maximum atomic E-state index is 12.6. The normalized spacial score (nSPS) is 16.2. The minimum Gasteiger partial charge on any atom is -0.448 e. The van der Waals surface area contributed by atoms with Gasteiger partial charge in [-0.3, -0.25) is 0 Å². The molecular weight excluding hydrogens is 380 g/mol. The van der Waals surface area contributed by atoms with Gasteiger partial charge in [0.1, 0.15) is 17.9 Å². The second-order valence-corrected chi connectivity index (χ2v) is 8.51. The Hall–Kier alpha value is -3.19. The monoisotopic (exact) mass is 404 g/mol. The van der Waals surface area contributed by atoms with Crippen molar-refractivity contribution in [2.75, 3.05) is 19.7 Å². The zero-order valence-corrected chi connectivity index (χ0v) is 17.0. The lowest BCUT2D eigenvalue weighted by Gasteiger charge is -2.38. The Morgan fingerprint density at radius 2 is 1.70 bits per heavy atom. The van der Waals surface area contributed by atoms with Crippen molar-refractivity contribution in [3.8, 4) is 11.1 Å². The Labute approximate surface area is 174 Å². The average molecular weight is 404 g/mol. The van der Waals surface area contributed by atoms with E-state index in [9.17, 15) is 9.90 Å². The molecule has 1 saturated heterocycles. The molecule has 3 aromatic rings. The molecule has 0 spiro atoms. The number of carbonyl (C=O) groups excluding carboxylic acids is 1. The number of rotatable bonds is 4. The summed E-state index contributed by atoms with van der Waals surface area (Å²) in [4.78, 5) is 14.2. The van der Waals surface area contributed by atoms with Gasteiger partial charge in [-0.25, -0.2) is 9.48 Å². The first kappa shape index (κ1) is 18.8. The van der Waals surface area contributed by atoms with Crippen LogP contribution in [0.4, 0.5) is 4.79 Å². The number of likely N-dealkylation sites (tertiary alicyclic amines) is 1. The lowest BCUT2D eigenvalue weighted by molar-refractivity contribution is 0.0516. The first-order valence-corrected chi connectivity index (χ1v) is 10.2. The van der Waals surface area contributed by atoms with Gasteiger partial charge >= 0.3 is 6.09 Å². The molecule has 7 nitrogen and oxygen atoms in total. The van der Waals surface area contributed by atoms with E-state index in [-0.39, 0.29) is 18.1 Å². The Balaban J connectivity index is 1.21. The second kappa shape index (κ2) is 6.95. The van der Waals surface area contributed by atoms with Crippen molar-refractivity contribution in [3.05, 3.63) is 71.5 Å². The fourth-order valence-electron chi connectivity index (χ4n) is 4.19. The molecule has 1 amide bonds. The van der Waals surface area contributed by atoms with E-state index in [1.54, 1.807) is 29.6 Å². The van der Waals surface area contributed by atoms with Crippen LogP contribution in [0.1, 0.15) is 42.6 Å². The van der Waals surface area contributed by atoms with Gasteiger partial charge in [0.25, 0.3) is 0 Å². The molecule has 2 aliphatic rings. The Morgan fingerprint density at radius 3 is 2.27 bits per heavy atom. The lowest BCUT2D eigenvalue weighted by Crippen LogP contribution is -2.51. The van der Waals surface area contributed by atoms with E-state index in [0.29, 0.717) is 25.4 Å². The van der Waals surface area contributed by atoms with Crippen molar-refractivity contribution in [1.82, 2.24) is 19.9 Å². The van der Waals surface area contributed by atoms with Crippen LogP contribution in [0.25, 0.3) is 11.1 Å². The third-order valence-corrected chi connectivity index (χ3v) is 5.97. The number of hydrogen-bond acceptors (Lipinski definition) is 5. The first-order valence-electron chi connectivity index (χ1n) is 10.2. The highest BCUT2D eigenvalue weighted by Crippen LogP contribution is 2.44. The summed E-state index contributed by atoms with van der Waals surface area (Å²) in [6.07, 6.45) is 1.43. The van der Waals surface area contributed by atoms with Crippen molar-refractivity contribution in [1.29, 1.82) is 0 Å². The molecule has 1 aromatic heterocycles. The number of aliphatic hydroxyl groups is 1. The van der Waals surface area contributed by atoms with Gasteiger partial charge in [-0.1, -0.05) is 53.7 Å². The molecule has 1 aliphatic carbocycles. The van der Waals surface area contributed by atoms with Crippen LogP contribution in [-0.4, -0.2) is 50.8 Å². The van der Waals surface area contributed by atoms with Gasteiger partial charge in [0.05, 0.1) is 12.2 Å². The van der Waals surface area contributed by atoms with E-state index < -0.39 is 5.60 Å². The zero-order chi connectivity index (χ0) is 20.9. The van der Waals surface area contributed by atoms with Crippen LogP contribution < -0.4 is 0 Å². The summed E-state index contributed by atoms with van der Waals surface area (Å²) in [5, 5.41) is 18.1. The highest BCUT2D eigenvalue weighted by molar-refractivity contribution is 5.79. The molecule has 1 fully saturated rings. The highest BCUT2D eigenvalue weighted by Gasteiger charge is 2.36. The van der Waals surface area contributed by atoms with Crippen LogP contribution in [0.3, 0.4) is 0 Å². The van der Waals surface area contributed by atoms with Crippen LogP contribution in [0.2, 0.25) is 0 Å². The Morgan fingerprint density at radius 1 is 1.10 bits per heavy atom. The first-order chi connectivity index (χ1) is 14.4. The van der Waals surface area contributed by atoms with Gasteiger partial charge < -0.3 is 14.7 Å². The van der Waals surface area contributed by atoms with Crippen molar-refractivity contribution in [2.24, 2.45) is 0 Å². The van der Waals surface area contributed by atoms with Gasteiger partial charge in [-0.15, -0.1) is 5.10 Å². The number of carbonyl (C=O) groups is 1. The average Bonchev–Trinajstić information content (AvgIpc) is 3.29. The summed E-state index contributed by atoms with van der Waals surface area (Å²) in [6, 6.07) is 16.6. The van der Waals surface area contributed by atoms with Gasteiger partial charge in [0.15, 0.2) is 0 Å². The summed E-state index contributed by atoms with van der Waals surface area (Å²) in [6.45, 7) is 4.70. The van der Waals surface area contributed by atoms with Gasteiger partial charge in [0.2, 0.25) is 0 Å². The third-order valence-electron chi connectivity index (χ3n) is 5.97. The largest absolute Gasteiger partial charge is 0.448 e. The van der Waals surface area contributed by atoms with E-state index in [2.05, 4.69) is 34.6 Å². The van der Waals surface area contributed by atoms with E-state index in [0.717, 1.165) is 0 Å². The van der Waals surface area contributed by atoms with E-state index >= 15 is 0 Å². The fraction of sp³-hybridized carbons (Fsp3) is 0.348. The van der Waals surface area contributed by atoms with Crippen LogP contribution in [0.15, 0.2) is 54.7 Å². The number of aromatic nitrogens is 3. The molecule has 5 rings (SSSR count). The van der Waals surface area contributed by atoms with Gasteiger partial charge in [-0.2, -0.15) is 0 Å². The Bertz CT molecular complexity index is 1050. The molecule has 30 heavy (non-hydrogen) atoms. The topological polar surface area (TPSA) is 80.5 Å². The van der Waals surface area contributed by atoms with Gasteiger partial charge in [-0.05, 0) is 36.1 Å². The molecule has 0 atom stereocenters. The smallest absolute Gasteiger partial charge is 0.409 e. The molecule has 0 radical (unpaired) electrons. The molecule has 1 aliphatic heterocycles. The van der Waals surface area contributed by atoms with E-state index in [1.165, 1.54) is 22.3 Å². The summed E-state index contributed by atoms with van der Waals surface area (Å²) < 4.78 is 7.40. The molecule has 0 saturated carbocycles. The maximum Gasteiger partial charge on any atom is 0.409 e. The number of nitrogens with zero attached hydrogens (tertiary/aromatic N) is 4. The number of benzene rings is 2. The molecular formula is C23H24N4O3. The van der Waals surface area contributed by atoms with Crippen molar-refractivity contribution >= 4 is 6.09 Å². The minimum atomic E-state index is -1.03. The van der Waals surface area contributed by atoms with E-state index in [4.69, 9.17) is 4.74 Å². The van der Waals surface area contributed by atoms with Crippen LogP contribution in [0, 0.1) is 0 Å². The molecule has 2 aromatic carbocycles. The van der Waals surface area contributed by atoms with Crippen molar-refractivity contribution in [3.63, 3.8) is 0 Å². The maximum absolute atomic E-state index is 12.6. The summed E-state index contributed by atoms with van der Waals surface area (Å²) >= 11 is 0. The van der Waals surface area contributed by atoms with Crippen LogP contribution >= 0.6 is 0 Å². The summed E-state index contributed by atoms with van der Waals surface area (Å²) in [5.41, 5.74) is 4.32. The zero-order valence-electron chi connectivity index (χ0n) is 17.0. The standard InChI is InChI=1S/C23H24N4O3/c1-23(2,29)21-13-27(25-24-21)15-11-26(12-15)22(28)30-14-20-18-9-5-3-7-16(18)17-8-4-6-10-19(17)20/h3-10,13,15,20,29H,11-12,14H2,1-2H3. The molecule has 1 N–H and O–H groups in total. The number of ether oxygens (including phenoxy) is 1. The lowest BCUT2D eigenvalue weighted by atomic mass is 9.98. The number of amides is 1. The number of fused-ring (bicyclic) bond motifs is 3. The molecule has 154 valence electrons. The quantitative estimate of drug-likeness (QED) is 0.722. The van der Waals surface area contributed by atoms with Crippen molar-refractivity contribution < 1.29 is 14.6 Å². The molecule has 0 unspecified atom stereocenters.